The van der Waals surface area contributed by atoms with Crippen LogP contribution in [0.3, 0.4) is 0 Å². The molecule has 72 valence electrons. The first kappa shape index (κ1) is 8.58. The van der Waals surface area contributed by atoms with Crippen LogP contribution in [0.2, 0.25) is 0 Å². The molecule has 2 rings (SSSR count). The van der Waals surface area contributed by atoms with Gasteiger partial charge in [0.1, 0.15) is 5.82 Å². The Morgan fingerprint density at radius 3 is 2.85 bits per heavy atom. The minimum Gasteiger partial charge on any atom is -0.350 e. The van der Waals surface area contributed by atoms with Gasteiger partial charge in [0, 0.05) is 13.0 Å². The van der Waals surface area contributed by atoms with Crippen LogP contribution in [0.1, 0.15) is 12.2 Å². The standard InChI is InChI=1S/C7H12N4O2/c1-6-8-9-10-11(6)3-2-7-12-4-5-13-7/h7H,2-5H2,1H3. The van der Waals surface area contributed by atoms with Crippen LogP contribution in [0, 0.1) is 6.92 Å². The fourth-order valence-electron chi connectivity index (χ4n) is 1.26. The molecule has 6 nitrogen and oxygen atoms in total. The molecule has 0 aromatic carbocycles. The van der Waals surface area contributed by atoms with E-state index in [1.54, 1.807) is 4.68 Å². The first-order chi connectivity index (χ1) is 6.36. The maximum absolute atomic E-state index is 5.29. The van der Waals surface area contributed by atoms with E-state index in [4.69, 9.17) is 9.47 Å². The number of nitrogens with zero attached hydrogens (tertiary/aromatic N) is 4. The highest BCUT2D eigenvalue weighted by molar-refractivity contribution is 4.72. The van der Waals surface area contributed by atoms with E-state index in [0.717, 1.165) is 18.8 Å². The normalized spacial score (nSPS) is 18.2. The molecule has 1 aromatic rings. The molecule has 6 heteroatoms. The lowest BCUT2D eigenvalue weighted by molar-refractivity contribution is -0.0497. The second-order valence-electron chi connectivity index (χ2n) is 2.91. The molecule has 0 spiro atoms. The monoisotopic (exact) mass is 184 g/mol. The van der Waals surface area contributed by atoms with Gasteiger partial charge in [-0.25, -0.2) is 4.68 Å². The molecule has 0 saturated carbocycles. The number of aryl methyl sites for hydroxylation is 2. The van der Waals surface area contributed by atoms with E-state index in [9.17, 15) is 0 Å². The van der Waals surface area contributed by atoms with Crippen LogP contribution >= 0.6 is 0 Å². The average molecular weight is 184 g/mol. The van der Waals surface area contributed by atoms with Gasteiger partial charge in [0.05, 0.1) is 13.2 Å². The Morgan fingerprint density at radius 2 is 2.23 bits per heavy atom. The summed E-state index contributed by atoms with van der Waals surface area (Å²) in [6, 6.07) is 0. The van der Waals surface area contributed by atoms with Crippen molar-refractivity contribution in [3.63, 3.8) is 0 Å². The highest BCUT2D eigenvalue weighted by atomic mass is 16.7. The molecule has 0 amide bonds. The Bertz CT molecular complexity index is 269. The Balaban J connectivity index is 1.82. The molecule has 1 aromatic heterocycles. The molecular formula is C7H12N4O2. The van der Waals surface area contributed by atoms with Gasteiger partial charge in [0.2, 0.25) is 0 Å². The molecule has 2 heterocycles. The molecule has 0 atom stereocenters. The zero-order valence-corrected chi connectivity index (χ0v) is 7.51. The lowest BCUT2D eigenvalue weighted by Crippen LogP contribution is -2.13. The predicted molar refractivity (Wildman–Crippen MR) is 42.9 cm³/mol. The van der Waals surface area contributed by atoms with Crippen LogP contribution in [0.15, 0.2) is 0 Å². The molecule has 1 aliphatic heterocycles. The van der Waals surface area contributed by atoms with Gasteiger partial charge in [-0.15, -0.1) is 5.10 Å². The second kappa shape index (κ2) is 3.80. The third kappa shape index (κ3) is 2.02. The molecule has 1 fully saturated rings. The van der Waals surface area contributed by atoms with Crippen molar-refractivity contribution in [2.45, 2.75) is 26.2 Å². The lowest BCUT2D eigenvalue weighted by Gasteiger charge is -2.07. The first-order valence-corrected chi connectivity index (χ1v) is 4.32. The van der Waals surface area contributed by atoms with Gasteiger partial charge in [0.15, 0.2) is 6.29 Å². The van der Waals surface area contributed by atoms with E-state index in [0.29, 0.717) is 13.2 Å². The molecule has 0 aliphatic carbocycles. The topological polar surface area (TPSA) is 62.1 Å². The van der Waals surface area contributed by atoms with E-state index >= 15 is 0 Å². The van der Waals surface area contributed by atoms with Crippen molar-refractivity contribution in [1.29, 1.82) is 0 Å². The van der Waals surface area contributed by atoms with Crippen LogP contribution in [-0.4, -0.2) is 39.7 Å². The van der Waals surface area contributed by atoms with Crippen molar-refractivity contribution in [3.8, 4) is 0 Å². The summed E-state index contributed by atoms with van der Waals surface area (Å²) < 4.78 is 12.3. The average Bonchev–Trinajstić information content (AvgIpc) is 2.72. The fourth-order valence-corrected chi connectivity index (χ4v) is 1.26. The van der Waals surface area contributed by atoms with Gasteiger partial charge in [0.25, 0.3) is 0 Å². The zero-order valence-electron chi connectivity index (χ0n) is 7.51. The van der Waals surface area contributed by atoms with Crippen molar-refractivity contribution < 1.29 is 9.47 Å². The minimum atomic E-state index is -0.0800. The molecule has 0 bridgehead atoms. The van der Waals surface area contributed by atoms with Crippen molar-refractivity contribution >= 4 is 0 Å². The molecule has 1 saturated heterocycles. The summed E-state index contributed by atoms with van der Waals surface area (Å²) >= 11 is 0. The van der Waals surface area contributed by atoms with E-state index in [2.05, 4.69) is 15.5 Å². The number of hydrogen-bond acceptors (Lipinski definition) is 5. The summed E-state index contributed by atoms with van der Waals surface area (Å²) in [5, 5.41) is 11.2. The van der Waals surface area contributed by atoms with Gasteiger partial charge in [-0.05, 0) is 17.4 Å². The summed E-state index contributed by atoms with van der Waals surface area (Å²) in [7, 11) is 0. The number of ether oxygens (including phenoxy) is 2. The molecule has 0 N–H and O–H groups in total. The highest BCUT2D eigenvalue weighted by Crippen LogP contribution is 2.08. The van der Waals surface area contributed by atoms with Gasteiger partial charge in [-0.2, -0.15) is 0 Å². The molecule has 0 unspecified atom stereocenters. The minimum absolute atomic E-state index is 0.0800. The summed E-state index contributed by atoms with van der Waals surface area (Å²) in [5.74, 6) is 0.818. The number of tetrazole rings is 1. The summed E-state index contributed by atoms with van der Waals surface area (Å²) in [6.45, 7) is 4.00. The SMILES string of the molecule is Cc1nnnn1CCC1OCCO1. The Kier molecular flexibility index (Phi) is 2.51. The summed E-state index contributed by atoms with van der Waals surface area (Å²) in [5.41, 5.74) is 0. The highest BCUT2D eigenvalue weighted by Gasteiger charge is 2.16. The van der Waals surface area contributed by atoms with E-state index < -0.39 is 0 Å². The number of aromatic nitrogens is 4. The Morgan fingerprint density at radius 1 is 1.46 bits per heavy atom. The largest absolute Gasteiger partial charge is 0.350 e. The zero-order chi connectivity index (χ0) is 9.10. The van der Waals surface area contributed by atoms with E-state index in [1.165, 1.54) is 0 Å². The lowest BCUT2D eigenvalue weighted by atomic mass is 10.4. The van der Waals surface area contributed by atoms with Crippen LogP contribution in [0.5, 0.6) is 0 Å². The van der Waals surface area contributed by atoms with Crippen LogP contribution in [0.25, 0.3) is 0 Å². The van der Waals surface area contributed by atoms with Gasteiger partial charge >= 0.3 is 0 Å². The third-order valence-electron chi connectivity index (χ3n) is 1.98. The molecule has 0 radical (unpaired) electrons. The summed E-state index contributed by atoms with van der Waals surface area (Å²) in [4.78, 5) is 0. The molecule has 1 aliphatic rings. The van der Waals surface area contributed by atoms with Gasteiger partial charge in [-0.1, -0.05) is 0 Å². The maximum Gasteiger partial charge on any atom is 0.159 e. The summed E-state index contributed by atoms with van der Waals surface area (Å²) in [6.07, 6.45) is 0.717. The van der Waals surface area contributed by atoms with Crippen LogP contribution < -0.4 is 0 Å². The Hall–Kier alpha value is -1.01. The van der Waals surface area contributed by atoms with Crippen LogP contribution in [-0.2, 0) is 16.0 Å². The number of rotatable bonds is 3. The van der Waals surface area contributed by atoms with Crippen molar-refractivity contribution in [3.05, 3.63) is 5.82 Å². The van der Waals surface area contributed by atoms with E-state index in [-0.39, 0.29) is 6.29 Å². The predicted octanol–water partition coefficient (Wildman–Crippen LogP) is -0.255. The molecule has 13 heavy (non-hydrogen) atoms. The molecular weight excluding hydrogens is 172 g/mol. The van der Waals surface area contributed by atoms with E-state index in [1.807, 2.05) is 6.92 Å². The van der Waals surface area contributed by atoms with Crippen molar-refractivity contribution in [1.82, 2.24) is 20.2 Å². The quantitative estimate of drug-likeness (QED) is 0.648. The van der Waals surface area contributed by atoms with Crippen molar-refractivity contribution in [2.24, 2.45) is 0 Å². The fraction of sp³-hybridized carbons (Fsp3) is 0.857. The van der Waals surface area contributed by atoms with Gasteiger partial charge < -0.3 is 9.47 Å². The smallest absolute Gasteiger partial charge is 0.159 e. The Labute approximate surface area is 75.8 Å². The van der Waals surface area contributed by atoms with Crippen LogP contribution in [0.4, 0.5) is 0 Å². The maximum atomic E-state index is 5.29. The third-order valence-corrected chi connectivity index (χ3v) is 1.98. The second-order valence-corrected chi connectivity index (χ2v) is 2.91. The number of hydrogen-bond donors (Lipinski definition) is 0. The van der Waals surface area contributed by atoms with Crippen molar-refractivity contribution in [2.75, 3.05) is 13.2 Å². The van der Waals surface area contributed by atoms with Gasteiger partial charge in [-0.3, -0.25) is 0 Å². The first-order valence-electron chi connectivity index (χ1n) is 4.32.